The molecule has 0 unspecified atom stereocenters. The number of nitrogens with one attached hydrogen (secondary N) is 1. The summed E-state index contributed by atoms with van der Waals surface area (Å²) >= 11 is 12.9. The minimum atomic E-state index is -0.171. The van der Waals surface area contributed by atoms with Gasteiger partial charge in [0.1, 0.15) is 4.34 Å². The molecule has 1 aliphatic carbocycles. The first-order chi connectivity index (χ1) is 9.66. The number of hydrogen-bond acceptors (Lipinski definition) is 3. The highest BCUT2D eigenvalue weighted by molar-refractivity contribution is 7.20. The highest BCUT2D eigenvalue weighted by Gasteiger charge is 2.15. The fourth-order valence-corrected chi connectivity index (χ4v) is 3.80. The fraction of sp³-hybridized carbons (Fsp3) is 0.643. The Labute approximate surface area is 133 Å². The Hall–Kier alpha value is -0.290. The second-order valence-corrected chi connectivity index (χ2v) is 7.26. The molecule has 1 aliphatic rings. The number of thiophene rings is 1. The second-order valence-electron chi connectivity index (χ2n) is 4.98. The smallest absolute Gasteiger partial charge is 0.253 e. The first-order valence-corrected chi connectivity index (χ1v) is 8.58. The summed E-state index contributed by atoms with van der Waals surface area (Å²) in [5, 5.41) is 2.84. The predicted octanol–water partition coefficient (Wildman–Crippen LogP) is 4.52. The molecule has 1 saturated carbocycles. The van der Waals surface area contributed by atoms with E-state index in [4.69, 9.17) is 27.9 Å². The van der Waals surface area contributed by atoms with Crippen molar-refractivity contribution >= 4 is 40.4 Å². The van der Waals surface area contributed by atoms with Crippen molar-refractivity contribution < 1.29 is 9.53 Å². The van der Waals surface area contributed by atoms with Gasteiger partial charge in [0.15, 0.2) is 0 Å². The van der Waals surface area contributed by atoms with Gasteiger partial charge in [-0.2, -0.15) is 0 Å². The monoisotopic (exact) mass is 335 g/mol. The molecule has 0 atom stereocenters. The number of hydrogen-bond donors (Lipinski definition) is 1. The molecule has 1 aromatic heterocycles. The average molecular weight is 336 g/mol. The van der Waals surface area contributed by atoms with Gasteiger partial charge in [0.25, 0.3) is 5.91 Å². The van der Waals surface area contributed by atoms with Gasteiger partial charge < -0.3 is 10.1 Å². The molecule has 0 radical (unpaired) electrons. The van der Waals surface area contributed by atoms with Crippen LogP contribution in [0.25, 0.3) is 0 Å². The lowest BCUT2D eigenvalue weighted by molar-refractivity contribution is 0.0273. The molecule has 1 aromatic rings. The van der Waals surface area contributed by atoms with E-state index in [0.717, 1.165) is 6.42 Å². The van der Waals surface area contributed by atoms with E-state index in [0.29, 0.717) is 33.5 Å². The Kier molecular flexibility index (Phi) is 6.62. The zero-order valence-electron chi connectivity index (χ0n) is 11.3. The zero-order chi connectivity index (χ0) is 14.4. The molecule has 1 amide bonds. The van der Waals surface area contributed by atoms with E-state index >= 15 is 0 Å². The summed E-state index contributed by atoms with van der Waals surface area (Å²) in [4.78, 5) is 11.9. The van der Waals surface area contributed by atoms with Gasteiger partial charge in [0.2, 0.25) is 0 Å². The number of halogens is 2. The molecule has 0 aliphatic heterocycles. The molecule has 0 saturated heterocycles. The van der Waals surface area contributed by atoms with Crippen LogP contribution in [0.5, 0.6) is 0 Å². The van der Waals surface area contributed by atoms with Crippen LogP contribution >= 0.6 is 34.5 Å². The van der Waals surface area contributed by atoms with E-state index in [9.17, 15) is 4.79 Å². The van der Waals surface area contributed by atoms with Crippen LogP contribution in [0.1, 0.15) is 48.9 Å². The summed E-state index contributed by atoms with van der Waals surface area (Å²) in [6, 6.07) is 1.60. The number of carbonyl (C=O) groups is 1. The molecule has 1 fully saturated rings. The van der Waals surface area contributed by atoms with Gasteiger partial charge in [-0.15, -0.1) is 11.3 Å². The summed E-state index contributed by atoms with van der Waals surface area (Å²) in [6.07, 6.45) is 7.48. The Morgan fingerprint density at radius 3 is 2.75 bits per heavy atom. The summed E-state index contributed by atoms with van der Waals surface area (Å²) < 4.78 is 6.77. The molecule has 6 heteroatoms. The third-order valence-electron chi connectivity index (χ3n) is 3.41. The first kappa shape index (κ1) is 16.1. The lowest BCUT2D eigenvalue weighted by atomic mass is 9.98. The quantitative estimate of drug-likeness (QED) is 0.776. The predicted molar refractivity (Wildman–Crippen MR) is 84.1 cm³/mol. The summed E-state index contributed by atoms with van der Waals surface area (Å²) in [5.41, 5.74) is 0.454. The number of amides is 1. The Morgan fingerprint density at radius 1 is 1.35 bits per heavy atom. The van der Waals surface area contributed by atoms with Crippen LogP contribution in [0.2, 0.25) is 8.67 Å². The molecule has 1 N–H and O–H groups in total. The van der Waals surface area contributed by atoms with Gasteiger partial charge >= 0.3 is 0 Å². The third-order valence-corrected chi connectivity index (χ3v) is 4.90. The van der Waals surface area contributed by atoms with Crippen molar-refractivity contribution in [3.05, 3.63) is 20.3 Å². The lowest BCUT2D eigenvalue weighted by Crippen LogP contribution is -2.26. The SMILES string of the molecule is O=C(NCCCOC1CCCCC1)c1cc(Cl)sc1Cl. The van der Waals surface area contributed by atoms with Gasteiger partial charge in [-0.3, -0.25) is 4.79 Å². The van der Waals surface area contributed by atoms with Gasteiger partial charge in [0, 0.05) is 13.2 Å². The van der Waals surface area contributed by atoms with Gasteiger partial charge in [-0.25, -0.2) is 0 Å². The standard InChI is InChI=1S/C14H19Cl2NO2S/c15-12-9-11(13(16)20-12)14(18)17-7-4-8-19-10-5-2-1-3-6-10/h9-10H,1-8H2,(H,17,18). The van der Waals surface area contributed by atoms with Crippen molar-refractivity contribution in [1.82, 2.24) is 5.32 Å². The van der Waals surface area contributed by atoms with Crippen molar-refractivity contribution in [3.8, 4) is 0 Å². The Morgan fingerprint density at radius 2 is 2.10 bits per heavy atom. The summed E-state index contributed by atoms with van der Waals surface area (Å²) in [6.45, 7) is 1.29. The van der Waals surface area contributed by atoms with Crippen molar-refractivity contribution in [2.45, 2.75) is 44.6 Å². The molecular weight excluding hydrogens is 317 g/mol. The van der Waals surface area contributed by atoms with Crippen LogP contribution in [-0.2, 0) is 4.74 Å². The van der Waals surface area contributed by atoms with Crippen LogP contribution in [0.3, 0.4) is 0 Å². The fourth-order valence-electron chi connectivity index (χ4n) is 2.35. The van der Waals surface area contributed by atoms with Crippen molar-refractivity contribution in [1.29, 1.82) is 0 Å². The topological polar surface area (TPSA) is 38.3 Å². The highest BCUT2D eigenvalue weighted by atomic mass is 35.5. The van der Waals surface area contributed by atoms with Gasteiger partial charge in [0.05, 0.1) is 16.0 Å². The molecule has 1 heterocycles. The minimum Gasteiger partial charge on any atom is -0.378 e. The highest BCUT2D eigenvalue weighted by Crippen LogP contribution is 2.30. The molecule has 112 valence electrons. The number of ether oxygens (including phenoxy) is 1. The molecule has 20 heavy (non-hydrogen) atoms. The Bertz CT molecular complexity index is 444. The van der Waals surface area contributed by atoms with Gasteiger partial charge in [-0.05, 0) is 25.3 Å². The Balaban J connectivity index is 1.61. The van der Waals surface area contributed by atoms with Crippen molar-refractivity contribution in [2.75, 3.05) is 13.2 Å². The van der Waals surface area contributed by atoms with Crippen LogP contribution in [0.4, 0.5) is 0 Å². The van der Waals surface area contributed by atoms with E-state index in [-0.39, 0.29) is 5.91 Å². The van der Waals surface area contributed by atoms with Gasteiger partial charge in [-0.1, -0.05) is 42.5 Å². The van der Waals surface area contributed by atoms with Crippen molar-refractivity contribution in [2.24, 2.45) is 0 Å². The van der Waals surface area contributed by atoms with Crippen LogP contribution in [0, 0.1) is 0 Å². The maximum absolute atomic E-state index is 11.9. The number of carbonyl (C=O) groups excluding carboxylic acids is 1. The zero-order valence-corrected chi connectivity index (χ0v) is 13.6. The molecule has 0 bridgehead atoms. The van der Waals surface area contributed by atoms with Crippen LogP contribution in [0.15, 0.2) is 6.07 Å². The molecule has 0 aromatic carbocycles. The van der Waals surface area contributed by atoms with Crippen LogP contribution in [-0.4, -0.2) is 25.2 Å². The maximum Gasteiger partial charge on any atom is 0.253 e. The van der Waals surface area contributed by atoms with Crippen molar-refractivity contribution in [3.63, 3.8) is 0 Å². The molecule has 2 rings (SSSR count). The van der Waals surface area contributed by atoms with E-state index < -0.39 is 0 Å². The van der Waals surface area contributed by atoms with E-state index in [1.165, 1.54) is 43.4 Å². The largest absolute Gasteiger partial charge is 0.378 e. The normalized spacial score (nSPS) is 16.3. The molecular formula is C14H19Cl2NO2S. The summed E-state index contributed by atoms with van der Waals surface area (Å²) in [7, 11) is 0. The van der Waals surface area contributed by atoms with E-state index in [2.05, 4.69) is 5.32 Å². The van der Waals surface area contributed by atoms with E-state index in [1.807, 2.05) is 0 Å². The summed E-state index contributed by atoms with van der Waals surface area (Å²) in [5.74, 6) is -0.171. The number of rotatable bonds is 6. The molecule has 3 nitrogen and oxygen atoms in total. The maximum atomic E-state index is 11.9. The third kappa shape index (κ3) is 4.92. The van der Waals surface area contributed by atoms with E-state index in [1.54, 1.807) is 6.07 Å². The minimum absolute atomic E-state index is 0.171. The second kappa shape index (κ2) is 8.23. The lowest BCUT2D eigenvalue weighted by Gasteiger charge is -2.21. The van der Waals surface area contributed by atoms with Crippen LogP contribution < -0.4 is 5.32 Å². The average Bonchev–Trinajstić information content (AvgIpc) is 2.78. The first-order valence-electron chi connectivity index (χ1n) is 7.01. The molecule has 0 spiro atoms.